The molecule has 1 aliphatic heterocycles. The van der Waals surface area contributed by atoms with E-state index in [1.807, 2.05) is 48.5 Å². The van der Waals surface area contributed by atoms with Gasteiger partial charge in [-0.3, -0.25) is 9.89 Å². The molecule has 0 atom stereocenters. The summed E-state index contributed by atoms with van der Waals surface area (Å²) in [5, 5.41) is 10.6. The summed E-state index contributed by atoms with van der Waals surface area (Å²) in [6.07, 6.45) is 1.90. The van der Waals surface area contributed by atoms with Crippen molar-refractivity contribution in [2.45, 2.75) is 0 Å². The number of carbonyl (C=O) groups excluding carboxylic acids is 1. The van der Waals surface area contributed by atoms with Gasteiger partial charge >= 0.3 is 0 Å². The molecule has 2 aromatic carbocycles. The van der Waals surface area contributed by atoms with E-state index in [0.29, 0.717) is 5.57 Å². The second-order valence-corrected chi connectivity index (χ2v) is 5.03. The van der Waals surface area contributed by atoms with Gasteiger partial charge in [0.15, 0.2) is 0 Å². The number of hydrogen-bond donors (Lipinski definition) is 1. The first-order valence-corrected chi connectivity index (χ1v) is 6.64. The van der Waals surface area contributed by atoms with Crippen molar-refractivity contribution in [1.29, 1.82) is 0 Å². The largest absolute Gasteiger partial charge is 0.311 e. The van der Waals surface area contributed by atoms with Gasteiger partial charge in [0.1, 0.15) is 5.52 Å². The average Bonchev–Trinajstić information content (AvgIpc) is 3.06. The van der Waals surface area contributed by atoms with Crippen molar-refractivity contribution < 1.29 is 4.79 Å². The van der Waals surface area contributed by atoms with E-state index in [4.69, 9.17) is 0 Å². The summed E-state index contributed by atoms with van der Waals surface area (Å²) >= 11 is 0. The molecule has 1 aliphatic rings. The second kappa shape index (κ2) is 4.28. The molecule has 0 fully saturated rings. The lowest BCUT2D eigenvalue weighted by Crippen LogP contribution is -2.20. The molecule has 102 valence electrons. The first-order chi connectivity index (χ1) is 10.2. The number of benzene rings is 2. The summed E-state index contributed by atoms with van der Waals surface area (Å²) in [7, 11) is 1.79. The van der Waals surface area contributed by atoms with Crippen LogP contribution in [0.4, 0.5) is 5.69 Å². The zero-order valence-electron chi connectivity index (χ0n) is 11.4. The Morgan fingerprint density at radius 2 is 2.05 bits per heavy atom. The van der Waals surface area contributed by atoms with Crippen LogP contribution in [0.5, 0.6) is 0 Å². The normalized spacial score (nSPS) is 16.0. The van der Waals surface area contributed by atoms with E-state index in [1.165, 1.54) is 0 Å². The van der Waals surface area contributed by atoms with E-state index in [-0.39, 0.29) is 5.91 Å². The monoisotopic (exact) mass is 276 g/mol. The molecule has 0 saturated carbocycles. The molecule has 3 aromatic rings. The Kier molecular flexibility index (Phi) is 2.41. The van der Waals surface area contributed by atoms with E-state index in [9.17, 15) is 4.79 Å². The minimum absolute atomic E-state index is 0.0106. The minimum atomic E-state index is 0.0106. The van der Waals surface area contributed by atoms with Crippen molar-refractivity contribution in [2.24, 2.45) is 0 Å². The number of fused-ring (bicyclic) bond motifs is 2. The fourth-order valence-corrected chi connectivity index (χ4v) is 2.65. The molecule has 4 rings (SSSR count). The first kappa shape index (κ1) is 11.8. The van der Waals surface area contributed by atoms with Crippen molar-refractivity contribution in [3.05, 3.63) is 53.6 Å². The van der Waals surface area contributed by atoms with E-state index < -0.39 is 0 Å². The maximum atomic E-state index is 12.4. The second-order valence-electron chi connectivity index (χ2n) is 5.03. The van der Waals surface area contributed by atoms with Crippen molar-refractivity contribution in [3.63, 3.8) is 0 Å². The number of likely N-dealkylation sites (N-methyl/N-ethyl adjacent to an activating group) is 1. The highest BCUT2D eigenvalue weighted by molar-refractivity contribution is 6.35. The zero-order chi connectivity index (χ0) is 14.4. The van der Waals surface area contributed by atoms with Gasteiger partial charge in [-0.2, -0.15) is 0 Å². The standard InChI is InChI=1S/C16H12N4O/c1-20-15-5-3-2-4-11(15)12(16(20)21)8-10-6-7-13-14(9-10)18-19-17-13/h2-9H,1H3,(H,17,18,19)/b12-8+. The number of aromatic nitrogens is 3. The average molecular weight is 276 g/mol. The van der Waals surface area contributed by atoms with Gasteiger partial charge in [-0.1, -0.05) is 29.5 Å². The molecule has 1 amide bonds. The van der Waals surface area contributed by atoms with Gasteiger partial charge in [-0.25, -0.2) is 0 Å². The molecule has 0 aliphatic carbocycles. The van der Waals surface area contributed by atoms with E-state index in [2.05, 4.69) is 15.4 Å². The number of aromatic amines is 1. The molecule has 1 N–H and O–H groups in total. The highest BCUT2D eigenvalue weighted by atomic mass is 16.2. The summed E-state index contributed by atoms with van der Waals surface area (Å²) in [5.41, 5.74) is 5.21. The summed E-state index contributed by atoms with van der Waals surface area (Å²) in [4.78, 5) is 14.1. The topological polar surface area (TPSA) is 61.9 Å². The van der Waals surface area contributed by atoms with Crippen LogP contribution in [0.2, 0.25) is 0 Å². The Balaban J connectivity index is 1.87. The third-order valence-corrected chi connectivity index (χ3v) is 3.75. The first-order valence-electron chi connectivity index (χ1n) is 6.64. The molecule has 0 spiro atoms. The number of amides is 1. The van der Waals surface area contributed by atoms with Crippen LogP contribution in [0, 0.1) is 0 Å². The van der Waals surface area contributed by atoms with Gasteiger partial charge in [0.2, 0.25) is 0 Å². The predicted octanol–water partition coefficient (Wildman–Crippen LogP) is 2.47. The van der Waals surface area contributed by atoms with Crippen LogP contribution < -0.4 is 4.90 Å². The third-order valence-electron chi connectivity index (χ3n) is 3.75. The van der Waals surface area contributed by atoms with Gasteiger partial charge in [-0.15, -0.1) is 5.10 Å². The highest BCUT2D eigenvalue weighted by Gasteiger charge is 2.28. The Morgan fingerprint density at radius 1 is 1.19 bits per heavy atom. The molecule has 2 heterocycles. The molecule has 21 heavy (non-hydrogen) atoms. The molecule has 5 nitrogen and oxygen atoms in total. The molecule has 0 bridgehead atoms. The number of hydrogen-bond acceptors (Lipinski definition) is 3. The third kappa shape index (κ3) is 1.74. The van der Waals surface area contributed by atoms with E-state index in [1.54, 1.807) is 11.9 Å². The van der Waals surface area contributed by atoms with Crippen LogP contribution in [0.25, 0.3) is 22.7 Å². The number of rotatable bonds is 1. The number of nitrogens with zero attached hydrogens (tertiary/aromatic N) is 3. The van der Waals surface area contributed by atoms with Crippen molar-refractivity contribution in [2.75, 3.05) is 11.9 Å². The predicted molar refractivity (Wildman–Crippen MR) is 81.6 cm³/mol. The van der Waals surface area contributed by atoms with Crippen molar-refractivity contribution >= 4 is 34.3 Å². The molecule has 5 heteroatoms. The Morgan fingerprint density at radius 3 is 2.95 bits per heavy atom. The SMILES string of the molecule is CN1C(=O)/C(=C/c2ccc3[nH]nnc3c2)c2ccccc21. The Labute approximate surface area is 120 Å². The lowest BCUT2D eigenvalue weighted by molar-refractivity contribution is -0.112. The van der Waals surface area contributed by atoms with Crippen molar-refractivity contribution in [3.8, 4) is 0 Å². The lowest BCUT2D eigenvalue weighted by atomic mass is 10.0. The van der Waals surface area contributed by atoms with Gasteiger partial charge in [0.05, 0.1) is 11.2 Å². The van der Waals surface area contributed by atoms with Gasteiger partial charge in [-0.05, 0) is 29.8 Å². The number of para-hydroxylation sites is 1. The number of anilines is 1. The molecule has 0 saturated heterocycles. The fraction of sp³-hybridized carbons (Fsp3) is 0.0625. The smallest absolute Gasteiger partial charge is 0.258 e. The summed E-state index contributed by atoms with van der Waals surface area (Å²) in [6.45, 7) is 0. The van der Waals surface area contributed by atoms with Crippen LogP contribution in [0.15, 0.2) is 42.5 Å². The lowest BCUT2D eigenvalue weighted by Gasteiger charge is -2.07. The van der Waals surface area contributed by atoms with Crippen LogP contribution in [-0.4, -0.2) is 28.4 Å². The van der Waals surface area contributed by atoms with Crippen LogP contribution >= 0.6 is 0 Å². The molecule has 0 radical (unpaired) electrons. The Bertz CT molecular complexity index is 894. The summed E-state index contributed by atoms with van der Waals surface area (Å²) < 4.78 is 0. The zero-order valence-corrected chi connectivity index (χ0v) is 11.4. The molecule has 0 unspecified atom stereocenters. The number of H-pyrrole nitrogens is 1. The van der Waals surface area contributed by atoms with Crippen LogP contribution in [0.1, 0.15) is 11.1 Å². The highest BCUT2D eigenvalue weighted by Crippen LogP contribution is 2.36. The van der Waals surface area contributed by atoms with Crippen molar-refractivity contribution in [1.82, 2.24) is 15.4 Å². The van der Waals surface area contributed by atoms with E-state index >= 15 is 0 Å². The number of carbonyl (C=O) groups is 1. The maximum Gasteiger partial charge on any atom is 0.258 e. The van der Waals surface area contributed by atoms with E-state index in [0.717, 1.165) is 27.8 Å². The van der Waals surface area contributed by atoms with Gasteiger partial charge in [0.25, 0.3) is 5.91 Å². The minimum Gasteiger partial charge on any atom is -0.311 e. The van der Waals surface area contributed by atoms with Gasteiger partial charge < -0.3 is 4.90 Å². The quantitative estimate of drug-likeness (QED) is 0.694. The molecular weight excluding hydrogens is 264 g/mol. The maximum absolute atomic E-state index is 12.4. The fourth-order valence-electron chi connectivity index (χ4n) is 2.65. The molecular formula is C16H12N4O. The van der Waals surface area contributed by atoms with Gasteiger partial charge in [0, 0.05) is 18.2 Å². The summed E-state index contributed by atoms with van der Waals surface area (Å²) in [5.74, 6) is 0.0106. The van der Waals surface area contributed by atoms with Crippen LogP contribution in [0.3, 0.4) is 0 Å². The number of nitrogens with one attached hydrogen (secondary N) is 1. The summed E-state index contributed by atoms with van der Waals surface area (Å²) in [6, 6.07) is 13.6. The van der Waals surface area contributed by atoms with Crippen LogP contribution in [-0.2, 0) is 4.79 Å². The molecule has 1 aromatic heterocycles. The Hall–Kier alpha value is -2.95.